The van der Waals surface area contributed by atoms with E-state index in [1.807, 2.05) is 0 Å². The van der Waals surface area contributed by atoms with Crippen LogP contribution in [0.25, 0.3) is 5.69 Å². The number of para-hydroxylation sites is 1. The lowest BCUT2D eigenvalue weighted by atomic mass is 9.79. The van der Waals surface area contributed by atoms with Gasteiger partial charge in [-0.2, -0.15) is 4.57 Å². The Morgan fingerprint density at radius 3 is 1.27 bits per heavy atom. The molecule has 0 spiro atoms. The Balaban J connectivity index is 1.53. The van der Waals surface area contributed by atoms with E-state index < -0.39 is 0 Å². The first-order valence-electron chi connectivity index (χ1n) is 17.4. The van der Waals surface area contributed by atoms with Crippen molar-refractivity contribution in [3.63, 3.8) is 0 Å². The van der Waals surface area contributed by atoms with Gasteiger partial charge in [-0.05, 0) is 59.7 Å². The highest BCUT2D eigenvalue weighted by Gasteiger charge is 2.32. The summed E-state index contributed by atoms with van der Waals surface area (Å²) in [4.78, 5) is 0. The molecule has 7 aromatic rings. The first kappa shape index (κ1) is 32.1. The molecule has 1 heterocycles. The average molecular weight is 638 g/mol. The van der Waals surface area contributed by atoms with Crippen LogP contribution >= 0.6 is 0 Å². The second kappa shape index (κ2) is 13.9. The van der Waals surface area contributed by atoms with Crippen molar-refractivity contribution in [1.29, 1.82) is 0 Å². The number of nitrogens with zero attached hydrogens (tertiary/aromatic N) is 2. The molecule has 0 aliphatic rings. The molecule has 0 fully saturated rings. The predicted octanol–water partition coefficient (Wildman–Crippen LogP) is 10.7. The minimum absolute atomic E-state index is 0.0432. The molecule has 6 aromatic carbocycles. The molecule has 2 heteroatoms. The number of aryl methyl sites for hydroxylation is 3. The molecule has 0 N–H and O–H groups in total. The molecule has 2 nitrogen and oxygen atoms in total. The summed E-state index contributed by atoms with van der Waals surface area (Å²) in [6.45, 7) is 12.1. The van der Waals surface area contributed by atoms with E-state index in [1.54, 1.807) is 0 Å². The van der Waals surface area contributed by atoms with Gasteiger partial charge in [-0.15, -0.1) is 0 Å². The highest BCUT2D eigenvalue weighted by atomic mass is 15.1. The maximum absolute atomic E-state index is 2.48. The van der Waals surface area contributed by atoms with Gasteiger partial charge in [-0.3, -0.25) is 0 Å². The fourth-order valence-corrected chi connectivity index (χ4v) is 7.72. The van der Waals surface area contributed by atoms with Gasteiger partial charge in [0.1, 0.15) is 23.6 Å². The van der Waals surface area contributed by atoms with Crippen LogP contribution in [0.1, 0.15) is 78.9 Å². The van der Waals surface area contributed by atoms with E-state index in [4.69, 9.17) is 0 Å². The van der Waals surface area contributed by atoms with Crippen LogP contribution in [0.2, 0.25) is 0 Å². The Hall–Kier alpha value is -5.47. The maximum Gasteiger partial charge on any atom is 0.249 e. The Kier molecular flexibility index (Phi) is 9.13. The highest BCUT2D eigenvalue weighted by molar-refractivity contribution is 5.61. The predicted molar refractivity (Wildman–Crippen MR) is 203 cm³/mol. The summed E-state index contributed by atoms with van der Waals surface area (Å²) >= 11 is 0. The van der Waals surface area contributed by atoms with E-state index in [0.29, 0.717) is 0 Å². The Labute approximate surface area is 292 Å². The number of imidazole rings is 1. The molecule has 0 amide bonds. The van der Waals surface area contributed by atoms with Gasteiger partial charge in [-0.1, -0.05) is 157 Å². The van der Waals surface area contributed by atoms with Crippen molar-refractivity contribution in [2.24, 2.45) is 0 Å². The van der Waals surface area contributed by atoms with Crippen molar-refractivity contribution < 1.29 is 4.57 Å². The number of hydrogen-bond acceptors (Lipinski definition) is 0. The van der Waals surface area contributed by atoms with Gasteiger partial charge < -0.3 is 0 Å². The molecule has 0 aliphatic heterocycles. The average Bonchev–Trinajstić information content (AvgIpc) is 3.40. The Morgan fingerprint density at radius 2 is 0.878 bits per heavy atom. The van der Waals surface area contributed by atoms with Crippen molar-refractivity contribution >= 4 is 0 Å². The zero-order valence-corrected chi connectivity index (χ0v) is 29.3. The lowest BCUT2D eigenvalue weighted by Gasteiger charge is -2.26. The summed E-state index contributed by atoms with van der Waals surface area (Å²) in [5, 5.41) is 0. The van der Waals surface area contributed by atoms with Gasteiger partial charge >= 0.3 is 0 Å². The second-order valence-electron chi connectivity index (χ2n) is 13.5. The third kappa shape index (κ3) is 6.39. The summed E-state index contributed by atoms with van der Waals surface area (Å²) in [5.41, 5.74) is 16.9. The molecule has 0 radical (unpaired) electrons. The van der Waals surface area contributed by atoms with Crippen LogP contribution in [0.5, 0.6) is 0 Å². The molecule has 0 aliphatic carbocycles. The molecular formula is C47H45N2+. The van der Waals surface area contributed by atoms with Gasteiger partial charge in [0.15, 0.2) is 0 Å². The molecular weight excluding hydrogens is 593 g/mol. The third-order valence-electron chi connectivity index (χ3n) is 10.2. The zero-order chi connectivity index (χ0) is 33.9. The van der Waals surface area contributed by atoms with E-state index in [1.165, 1.54) is 72.7 Å². The molecule has 49 heavy (non-hydrogen) atoms. The second-order valence-corrected chi connectivity index (χ2v) is 13.5. The van der Waals surface area contributed by atoms with Crippen molar-refractivity contribution in [2.45, 2.75) is 53.0 Å². The lowest BCUT2D eigenvalue weighted by Crippen LogP contribution is -2.36. The third-order valence-corrected chi connectivity index (χ3v) is 10.2. The number of rotatable bonds is 9. The minimum Gasteiger partial charge on any atom is -0.229 e. The molecule has 0 bridgehead atoms. The fourth-order valence-electron chi connectivity index (χ4n) is 7.72. The first-order chi connectivity index (χ1) is 23.9. The van der Waals surface area contributed by atoms with Crippen LogP contribution in [0.4, 0.5) is 0 Å². The summed E-state index contributed by atoms with van der Waals surface area (Å²) in [5.74, 6) is 0.0865. The van der Waals surface area contributed by atoms with Crippen LogP contribution in [-0.2, 0) is 6.54 Å². The quantitative estimate of drug-likeness (QED) is 0.110. The van der Waals surface area contributed by atoms with E-state index in [9.17, 15) is 0 Å². The van der Waals surface area contributed by atoms with Crippen molar-refractivity contribution in [1.82, 2.24) is 4.57 Å². The number of benzene rings is 6. The van der Waals surface area contributed by atoms with Gasteiger partial charge in [0.2, 0.25) is 6.33 Å². The zero-order valence-electron chi connectivity index (χ0n) is 29.3. The molecule has 1 aromatic heterocycles. The van der Waals surface area contributed by atoms with Crippen LogP contribution in [0, 0.1) is 34.6 Å². The van der Waals surface area contributed by atoms with E-state index >= 15 is 0 Å². The minimum atomic E-state index is 0.0432. The number of aromatic nitrogens is 2. The van der Waals surface area contributed by atoms with Crippen LogP contribution < -0.4 is 4.57 Å². The van der Waals surface area contributed by atoms with Crippen LogP contribution in [-0.4, -0.2) is 4.57 Å². The Morgan fingerprint density at radius 1 is 0.490 bits per heavy atom. The summed E-state index contributed by atoms with van der Waals surface area (Å²) < 4.78 is 4.93. The highest BCUT2D eigenvalue weighted by Crippen LogP contribution is 2.42. The van der Waals surface area contributed by atoms with Gasteiger partial charge in [0.05, 0.1) is 0 Å². The summed E-state index contributed by atoms with van der Waals surface area (Å²) in [6, 6.07) is 55.5. The smallest absolute Gasteiger partial charge is 0.229 e. The summed E-state index contributed by atoms with van der Waals surface area (Å²) in [6.07, 6.45) is 2.35. The molecule has 0 saturated carbocycles. The first-order valence-corrected chi connectivity index (χ1v) is 17.4. The monoisotopic (exact) mass is 637 g/mol. The van der Waals surface area contributed by atoms with Gasteiger partial charge in [-0.25, -0.2) is 4.57 Å². The van der Waals surface area contributed by atoms with Gasteiger partial charge in [0, 0.05) is 36.8 Å². The SMILES string of the molecule is Cc1cc(C)c(C[n+]2cn(-c3c(C(c4ccccc4)c4ccccc4)cccc3C(c3ccccc3)c3ccccc3)c(C)c2C)c(C)c1. The van der Waals surface area contributed by atoms with Gasteiger partial charge in [0.25, 0.3) is 0 Å². The molecule has 7 rings (SSSR count). The molecule has 0 atom stereocenters. The molecule has 0 unspecified atom stereocenters. The normalized spacial score (nSPS) is 11.4. The largest absolute Gasteiger partial charge is 0.249 e. The fraction of sp³-hybridized carbons (Fsp3) is 0.170. The van der Waals surface area contributed by atoms with Crippen LogP contribution in [0.15, 0.2) is 158 Å². The lowest BCUT2D eigenvalue weighted by molar-refractivity contribution is -0.693. The van der Waals surface area contributed by atoms with E-state index in [2.05, 4.69) is 202 Å². The van der Waals surface area contributed by atoms with Crippen molar-refractivity contribution in [2.75, 3.05) is 0 Å². The van der Waals surface area contributed by atoms with E-state index in [0.717, 1.165) is 6.54 Å². The maximum atomic E-state index is 2.48. The van der Waals surface area contributed by atoms with E-state index in [-0.39, 0.29) is 11.8 Å². The van der Waals surface area contributed by atoms with Crippen molar-refractivity contribution in [3.8, 4) is 5.69 Å². The van der Waals surface area contributed by atoms with Crippen LogP contribution in [0.3, 0.4) is 0 Å². The molecule has 0 saturated heterocycles. The number of hydrogen-bond donors (Lipinski definition) is 0. The topological polar surface area (TPSA) is 8.81 Å². The summed E-state index contributed by atoms with van der Waals surface area (Å²) in [7, 11) is 0. The molecule has 242 valence electrons. The van der Waals surface area contributed by atoms with Crippen molar-refractivity contribution in [3.05, 3.63) is 225 Å². The standard InChI is InChI=1S/C47H45N2/c1-33-29-34(2)44(35(3)30-33)31-48-32-49(37(5)36(48)4)47-42(45(38-19-10-6-11-20-38)39-21-12-7-13-22-39)27-18-28-43(47)46(40-23-14-8-15-24-40)41-25-16-9-17-26-41/h6-30,32,45-46H,31H2,1-5H3/q+1. The Bertz CT molecular complexity index is 1980.